The molecule has 0 fully saturated rings. The van der Waals surface area contributed by atoms with Gasteiger partial charge in [-0.05, 0) is 125 Å². The van der Waals surface area contributed by atoms with Crippen LogP contribution in [0.4, 0.5) is 0 Å². The van der Waals surface area contributed by atoms with E-state index in [0.29, 0.717) is 0 Å². The van der Waals surface area contributed by atoms with Crippen molar-refractivity contribution in [3.05, 3.63) is 79.9 Å². The van der Waals surface area contributed by atoms with E-state index in [0.717, 1.165) is 0 Å². The van der Waals surface area contributed by atoms with Gasteiger partial charge in [-0.3, -0.25) is 0 Å². The first-order valence-corrected chi connectivity index (χ1v) is 13.0. The van der Waals surface area contributed by atoms with Gasteiger partial charge in [-0.2, -0.15) is 0 Å². The summed E-state index contributed by atoms with van der Waals surface area (Å²) in [5.41, 5.74) is 16.7. The van der Waals surface area contributed by atoms with Crippen LogP contribution in [0.5, 0.6) is 0 Å². The molecule has 0 spiro atoms. The van der Waals surface area contributed by atoms with Crippen LogP contribution in [-0.2, 0) is 0 Å². The molecule has 0 nitrogen and oxygen atoms in total. The molecule has 0 N–H and O–H groups in total. The van der Waals surface area contributed by atoms with E-state index in [2.05, 4.69) is 93.5 Å². The Hall–Kier alpha value is -2.16. The molecule has 4 aromatic rings. The van der Waals surface area contributed by atoms with E-state index in [9.17, 15) is 0 Å². The van der Waals surface area contributed by atoms with E-state index in [1.165, 1.54) is 86.3 Å². The van der Waals surface area contributed by atoms with Crippen molar-refractivity contribution in [2.45, 2.75) is 69.2 Å². The van der Waals surface area contributed by atoms with E-state index in [-0.39, 0.29) is 0 Å². The highest BCUT2D eigenvalue weighted by Crippen LogP contribution is 2.50. The van der Waals surface area contributed by atoms with Gasteiger partial charge in [0, 0.05) is 19.5 Å². The first-order valence-electron chi connectivity index (χ1n) is 11.4. The minimum absolute atomic E-state index is 1.34. The minimum Gasteiger partial charge on any atom is -0.134 e. The van der Waals surface area contributed by atoms with Crippen molar-refractivity contribution in [1.29, 1.82) is 0 Å². The summed E-state index contributed by atoms with van der Waals surface area (Å²) in [5, 5.41) is 0. The van der Waals surface area contributed by atoms with Gasteiger partial charge < -0.3 is 0 Å². The van der Waals surface area contributed by atoms with Gasteiger partial charge in [0.15, 0.2) is 0 Å². The molecule has 0 aliphatic rings. The summed E-state index contributed by atoms with van der Waals surface area (Å²) in [7, 11) is 0. The molecule has 0 aliphatic carbocycles. The fourth-order valence-electron chi connectivity index (χ4n) is 5.18. The lowest BCUT2D eigenvalue weighted by Gasteiger charge is -2.11. The third-order valence-electron chi connectivity index (χ3n) is 6.91. The number of hydrogen-bond donors (Lipinski definition) is 0. The monoisotopic (exact) mass is 458 g/mol. The van der Waals surface area contributed by atoms with Gasteiger partial charge in [-0.1, -0.05) is 35.4 Å². The minimum atomic E-state index is 1.34. The van der Waals surface area contributed by atoms with Crippen molar-refractivity contribution < 1.29 is 0 Å². The molecular weight excluding hydrogens is 424 g/mol. The predicted molar refractivity (Wildman–Crippen MR) is 146 cm³/mol. The normalized spacial score (nSPS) is 11.4. The Morgan fingerprint density at radius 3 is 0.906 bits per heavy atom. The van der Waals surface area contributed by atoms with Crippen molar-refractivity contribution in [2.75, 3.05) is 0 Å². The fourth-order valence-corrected chi connectivity index (χ4v) is 8.40. The average Bonchev–Trinajstić information content (AvgIpc) is 3.12. The quantitative estimate of drug-likeness (QED) is 0.286. The highest BCUT2D eigenvalue weighted by atomic mass is 32.1. The first-order chi connectivity index (χ1) is 15.0. The lowest BCUT2D eigenvalue weighted by atomic mass is 9.95. The lowest BCUT2D eigenvalue weighted by Crippen LogP contribution is -1.89. The van der Waals surface area contributed by atoms with Gasteiger partial charge in [0.25, 0.3) is 0 Å². The SMILES string of the molecule is Cc1cc(C)c(-c2sc(-c3sc(-c4c(C)cc(C)cc4C)c(C)c3C)c(C)c2C)c(C)c1. The second-order valence-corrected chi connectivity index (χ2v) is 11.6. The van der Waals surface area contributed by atoms with E-state index in [1.807, 2.05) is 22.7 Å². The zero-order chi connectivity index (χ0) is 23.5. The molecule has 0 bridgehead atoms. The molecule has 2 aromatic carbocycles. The molecule has 2 heteroatoms. The predicted octanol–water partition coefficient (Wildman–Crippen LogP) is 9.89. The maximum Gasteiger partial charge on any atom is 0.0484 e. The lowest BCUT2D eigenvalue weighted by molar-refractivity contribution is 1.31. The van der Waals surface area contributed by atoms with Crippen LogP contribution >= 0.6 is 22.7 Å². The summed E-state index contributed by atoms with van der Waals surface area (Å²) in [6, 6.07) is 9.27. The summed E-state index contributed by atoms with van der Waals surface area (Å²) in [4.78, 5) is 5.75. The zero-order valence-corrected chi connectivity index (χ0v) is 22.8. The molecule has 0 unspecified atom stereocenters. The molecule has 0 amide bonds. The topological polar surface area (TPSA) is 0 Å². The zero-order valence-electron chi connectivity index (χ0n) is 21.1. The Kier molecular flexibility index (Phi) is 5.98. The van der Waals surface area contributed by atoms with Gasteiger partial charge in [-0.15, -0.1) is 22.7 Å². The number of thiophene rings is 2. The van der Waals surface area contributed by atoms with Crippen molar-refractivity contribution in [1.82, 2.24) is 0 Å². The van der Waals surface area contributed by atoms with Crippen molar-refractivity contribution in [3.63, 3.8) is 0 Å². The van der Waals surface area contributed by atoms with Crippen LogP contribution in [-0.4, -0.2) is 0 Å². The highest BCUT2D eigenvalue weighted by molar-refractivity contribution is 7.25. The summed E-state index contributed by atoms with van der Waals surface area (Å²) in [5.74, 6) is 0. The molecule has 166 valence electrons. The number of aryl methyl sites for hydroxylation is 6. The third kappa shape index (κ3) is 3.68. The second kappa shape index (κ2) is 8.32. The van der Waals surface area contributed by atoms with Crippen molar-refractivity contribution in [2.24, 2.45) is 0 Å². The molecule has 0 saturated carbocycles. The van der Waals surface area contributed by atoms with Crippen molar-refractivity contribution in [3.8, 4) is 30.6 Å². The first kappa shape index (κ1) is 23.0. The Bertz CT molecular complexity index is 1210. The Labute approximate surface area is 202 Å². The molecule has 4 rings (SSSR count). The number of benzene rings is 2. The summed E-state index contributed by atoms with van der Waals surface area (Å²) < 4.78 is 0. The Morgan fingerprint density at radius 1 is 0.375 bits per heavy atom. The standard InChI is InChI=1S/C30H34S2/c1-15-11-17(3)25(18(4)12-15)27-21(7)23(9)29(31-27)30-24(10)22(8)28(32-30)26-19(5)13-16(2)14-20(26)6/h11-14H,1-10H3. The summed E-state index contributed by atoms with van der Waals surface area (Å²) in [6.07, 6.45) is 0. The summed E-state index contributed by atoms with van der Waals surface area (Å²) in [6.45, 7) is 22.6. The number of rotatable bonds is 3. The number of hydrogen-bond acceptors (Lipinski definition) is 2. The van der Waals surface area contributed by atoms with Gasteiger partial charge in [0.05, 0.1) is 0 Å². The molecule has 2 aromatic heterocycles. The average molecular weight is 459 g/mol. The van der Waals surface area contributed by atoms with E-state index in [1.54, 1.807) is 0 Å². The molecule has 0 aliphatic heterocycles. The van der Waals surface area contributed by atoms with Gasteiger partial charge in [-0.25, -0.2) is 0 Å². The van der Waals surface area contributed by atoms with Gasteiger partial charge in [0.1, 0.15) is 0 Å². The van der Waals surface area contributed by atoms with Crippen LogP contribution in [0.2, 0.25) is 0 Å². The molecule has 0 atom stereocenters. The van der Waals surface area contributed by atoms with Crippen LogP contribution in [0.15, 0.2) is 24.3 Å². The van der Waals surface area contributed by atoms with Crippen LogP contribution in [0, 0.1) is 69.2 Å². The van der Waals surface area contributed by atoms with E-state index < -0.39 is 0 Å². The molecular formula is C30H34S2. The second-order valence-electron chi connectivity index (χ2n) is 9.57. The van der Waals surface area contributed by atoms with Crippen molar-refractivity contribution >= 4 is 22.7 Å². The third-order valence-corrected chi connectivity index (χ3v) is 9.90. The van der Waals surface area contributed by atoms with E-state index >= 15 is 0 Å². The summed E-state index contributed by atoms with van der Waals surface area (Å²) >= 11 is 3.96. The van der Waals surface area contributed by atoms with Crippen LogP contribution in [0.25, 0.3) is 30.6 Å². The van der Waals surface area contributed by atoms with Gasteiger partial charge in [0.2, 0.25) is 0 Å². The molecule has 2 heterocycles. The van der Waals surface area contributed by atoms with Gasteiger partial charge >= 0.3 is 0 Å². The Balaban J connectivity index is 1.93. The molecule has 0 radical (unpaired) electrons. The Morgan fingerprint density at radius 2 is 0.625 bits per heavy atom. The van der Waals surface area contributed by atoms with E-state index in [4.69, 9.17) is 0 Å². The fraction of sp³-hybridized carbons (Fsp3) is 0.333. The van der Waals surface area contributed by atoms with Crippen LogP contribution in [0.3, 0.4) is 0 Å². The largest absolute Gasteiger partial charge is 0.134 e. The smallest absolute Gasteiger partial charge is 0.0484 e. The maximum absolute atomic E-state index is 2.32. The van der Waals surface area contributed by atoms with Crippen LogP contribution < -0.4 is 0 Å². The molecule has 32 heavy (non-hydrogen) atoms. The van der Waals surface area contributed by atoms with Crippen LogP contribution in [0.1, 0.15) is 55.6 Å². The maximum atomic E-state index is 2.32. The highest BCUT2D eigenvalue weighted by Gasteiger charge is 2.23. The molecule has 0 saturated heterocycles.